The maximum atomic E-state index is 12.1. The van der Waals surface area contributed by atoms with Gasteiger partial charge < -0.3 is 10.0 Å². The molecule has 0 aliphatic rings. The summed E-state index contributed by atoms with van der Waals surface area (Å²) in [5, 5.41) is 9.78. The molecule has 0 spiro atoms. The van der Waals surface area contributed by atoms with Crippen molar-refractivity contribution in [3.05, 3.63) is 21.9 Å². The van der Waals surface area contributed by atoms with E-state index in [1.165, 1.54) is 9.75 Å². The molecular formula is C15H25NO2S. The van der Waals surface area contributed by atoms with Crippen molar-refractivity contribution in [1.82, 2.24) is 4.90 Å². The molecule has 108 valence electrons. The number of nitrogens with zero attached hydrogens (tertiary/aromatic N) is 1. The van der Waals surface area contributed by atoms with Crippen LogP contribution in [0.5, 0.6) is 0 Å². The zero-order valence-electron chi connectivity index (χ0n) is 12.4. The molecule has 0 aromatic carbocycles. The van der Waals surface area contributed by atoms with Crippen molar-refractivity contribution in [3.63, 3.8) is 0 Å². The van der Waals surface area contributed by atoms with Gasteiger partial charge in [0.2, 0.25) is 5.91 Å². The van der Waals surface area contributed by atoms with Crippen LogP contribution in [0.25, 0.3) is 0 Å². The number of aryl methyl sites for hydroxylation is 2. The van der Waals surface area contributed by atoms with Crippen LogP contribution in [0.1, 0.15) is 43.4 Å². The summed E-state index contributed by atoms with van der Waals surface area (Å²) >= 11 is 1.80. The summed E-state index contributed by atoms with van der Waals surface area (Å²) < 4.78 is 0. The fourth-order valence-electron chi connectivity index (χ4n) is 2.03. The van der Waals surface area contributed by atoms with Crippen molar-refractivity contribution in [1.29, 1.82) is 0 Å². The molecule has 1 aromatic heterocycles. The van der Waals surface area contributed by atoms with Gasteiger partial charge >= 0.3 is 0 Å². The van der Waals surface area contributed by atoms with Gasteiger partial charge in [0.15, 0.2) is 0 Å². The second kappa shape index (κ2) is 7.06. The van der Waals surface area contributed by atoms with Crippen molar-refractivity contribution in [3.8, 4) is 0 Å². The number of hydrogen-bond acceptors (Lipinski definition) is 3. The van der Waals surface area contributed by atoms with E-state index in [0.29, 0.717) is 19.5 Å². The Labute approximate surface area is 120 Å². The number of likely N-dealkylation sites (N-methyl/N-ethyl adjacent to an activating group) is 1. The lowest BCUT2D eigenvalue weighted by atomic mass is 10.1. The molecule has 19 heavy (non-hydrogen) atoms. The number of amides is 1. The number of carbonyl (C=O) groups excluding carboxylic acids is 1. The van der Waals surface area contributed by atoms with Gasteiger partial charge in [0.25, 0.3) is 0 Å². The van der Waals surface area contributed by atoms with Crippen LogP contribution < -0.4 is 0 Å². The Balaban J connectivity index is 2.36. The summed E-state index contributed by atoms with van der Waals surface area (Å²) in [7, 11) is 0. The number of aliphatic hydroxyl groups is 1. The molecule has 0 saturated carbocycles. The summed E-state index contributed by atoms with van der Waals surface area (Å²) in [6.07, 6.45) is 2.40. The van der Waals surface area contributed by atoms with Crippen LogP contribution in [0.3, 0.4) is 0 Å². The highest BCUT2D eigenvalue weighted by molar-refractivity contribution is 7.11. The molecule has 0 bridgehead atoms. The minimum Gasteiger partial charge on any atom is -0.389 e. The predicted molar refractivity (Wildman–Crippen MR) is 80.5 cm³/mol. The van der Waals surface area contributed by atoms with Gasteiger partial charge in [-0.1, -0.05) is 0 Å². The lowest BCUT2D eigenvalue weighted by Gasteiger charge is -2.28. The molecule has 1 N–H and O–H groups in total. The van der Waals surface area contributed by atoms with Gasteiger partial charge in [0.05, 0.1) is 5.60 Å². The maximum absolute atomic E-state index is 12.1. The molecule has 1 amide bonds. The highest BCUT2D eigenvalue weighted by Gasteiger charge is 2.20. The first-order chi connectivity index (χ1) is 8.81. The van der Waals surface area contributed by atoms with Crippen molar-refractivity contribution in [2.24, 2.45) is 0 Å². The zero-order chi connectivity index (χ0) is 14.5. The summed E-state index contributed by atoms with van der Waals surface area (Å²) in [5.41, 5.74) is -0.823. The van der Waals surface area contributed by atoms with E-state index >= 15 is 0 Å². The zero-order valence-corrected chi connectivity index (χ0v) is 13.2. The van der Waals surface area contributed by atoms with Gasteiger partial charge in [-0.05, 0) is 52.7 Å². The van der Waals surface area contributed by atoms with Crippen LogP contribution in [-0.4, -0.2) is 34.6 Å². The Morgan fingerprint density at radius 3 is 2.58 bits per heavy atom. The van der Waals surface area contributed by atoms with Crippen molar-refractivity contribution in [2.75, 3.05) is 13.1 Å². The minimum absolute atomic E-state index is 0.137. The Morgan fingerprint density at radius 1 is 1.42 bits per heavy atom. The Bertz CT molecular complexity index is 407. The fourth-order valence-corrected chi connectivity index (χ4v) is 2.97. The molecule has 4 heteroatoms. The predicted octanol–water partition coefficient (Wildman–Crippen LogP) is 3.00. The molecule has 1 aromatic rings. The summed E-state index contributed by atoms with van der Waals surface area (Å²) in [4.78, 5) is 16.5. The average Bonchev–Trinajstić information content (AvgIpc) is 2.70. The van der Waals surface area contributed by atoms with Crippen LogP contribution in [0.2, 0.25) is 0 Å². The summed E-state index contributed by atoms with van der Waals surface area (Å²) in [6, 6.07) is 4.26. The third-order valence-electron chi connectivity index (χ3n) is 2.92. The molecule has 0 radical (unpaired) electrons. The van der Waals surface area contributed by atoms with Crippen molar-refractivity contribution < 1.29 is 9.90 Å². The molecule has 0 aliphatic carbocycles. The molecular weight excluding hydrogens is 258 g/mol. The van der Waals surface area contributed by atoms with Gasteiger partial charge in [-0.25, -0.2) is 0 Å². The molecule has 0 fully saturated rings. The number of hydrogen-bond donors (Lipinski definition) is 1. The molecule has 1 heterocycles. The van der Waals surface area contributed by atoms with Crippen LogP contribution >= 0.6 is 11.3 Å². The minimum atomic E-state index is -0.823. The molecule has 0 atom stereocenters. The topological polar surface area (TPSA) is 40.5 Å². The Morgan fingerprint density at radius 2 is 2.11 bits per heavy atom. The van der Waals surface area contributed by atoms with E-state index < -0.39 is 5.60 Å². The Hall–Kier alpha value is -0.870. The third-order valence-corrected chi connectivity index (χ3v) is 3.98. The molecule has 0 aliphatic heterocycles. The second-order valence-corrected chi connectivity index (χ2v) is 6.96. The highest BCUT2D eigenvalue weighted by atomic mass is 32.1. The maximum Gasteiger partial charge on any atom is 0.222 e. The van der Waals surface area contributed by atoms with E-state index in [0.717, 1.165) is 12.8 Å². The smallest absolute Gasteiger partial charge is 0.222 e. The summed E-state index contributed by atoms with van der Waals surface area (Å²) in [6.45, 7) is 8.57. The van der Waals surface area contributed by atoms with Crippen LogP contribution in [-0.2, 0) is 11.2 Å². The first-order valence-corrected chi connectivity index (χ1v) is 7.69. The van der Waals surface area contributed by atoms with Crippen molar-refractivity contribution >= 4 is 17.2 Å². The lowest BCUT2D eigenvalue weighted by molar-refractivity contribution is -0.134. The van der Waals surface area contributed by atoms with Crippen molar-refractivity contribution in [2.45, 2.75) is 52.6 Å². The number of thiophene rings is 1. The van der Waals surface area contributed by atoms with Gasteiger partial charge in [0.1, 0.15) is 0 Å². The summed E-state index contributed by atoms with van der Waals surface area (Å²) in [5.74, 6) is 0.137. The van der Waals surface area contributed by atoms with Crippen LogP contribution in [0.4, 0.5) is 0 Å². The van der Waals surface area contributed by atoms with Crippen LogP contribution in [0.15, 0.2) is 12.1 Å². The molecule has 0 unspecified atom stereocenters. The van der Waals surface area contributed by atoms with Gasteiger partial charge in [-0.15, -0.1) is 11.3 Å². The van der Waals surface area contributed by atoms with E-state index in [-0.39, 0.29) is 5.91 Å². The van der Waals surface area contributed by atoms with Gasteiger partial charge in [0, 0.05) is 29.3 Å². The highest BCUT2D eigenvalue weighted by Crippen LogP contribution is 2.17. The monoisotopic (exact) mass is 283 g/mol. The average molecular weight is 283 g/mol. The van der Waals surface area contributed by atoms with Crippen LogP contribution in [0, 0.1) is 6.92 Å². The standard InChI is InChI=1S/C15H25NO2S/c1-5-16(11-15(3,4)18)14(17)8-6-7-13-10-9-12(2)19-13/h9-10,18H,5-8,11H2,1-4H3. The van der Waals surface area contributed by atoms with E-state index in [1.54, 1.807) is 30.1 Å². The molecule has 3 nitrogen and oxygen atoms in total. The van der Waals surface area contributed by atoms with E-state index in [1.807, 2.05) is 6.92 Å². The van der Waals surface area contributed by atoms with Gasteiger partial charge in [-0.2, -0.15) is 0 Å². The quantitative estimate of drug-likeness (QED) is 0.835. The number of carbonyl (C=O) groups is 1. The fraction of sp³-hybridized carbons (Fsp3) is 0.667. The Kier molecular flexibility index (Phi) is 6.01. The van der Waals surface area contributed by atoms with Gasteiger partial charge in [-0.3, -0.25) is 4.79 Å². The van der Waals surface area contributed by atoms with E-state index in [2.05, 4.69) is 19.1 Å². The van der Waals surface area contributed by atoms with E-state index in [4.69, 9.17) is 0 Å². The first kappa shape index (κ1) is 16.2. The third kappa shape index (κ3) is 6.21. The molecule has 1 rings (SSSR count). The van der Waals surface area contributed by atoms with E-state index in [9.17, 15) is 9.90 Å². The largest absolute Gasteiger partial charge is 0.389 e. The normalized spacial score (nSPS) is 11.6. The second-order valence-electron chi connectivity index (χ2n) is 5.59. The lowest BCUT2D eigenvalue weighted by Crippen LogP contribution is -2.42. The number of rotatable bonds is 7. The molecule has 0 saturated heterocycles. The SMILES string of the molecule is CCN(CC(C)(C)O)C(=O)CCCc1ccc(C)s1. The first-order valence-electron chi connectivity index (χ1n) is 6.87.